The van der Waals surface area contributed by atoms with Crippen LogP contribution in [0.4, 0.5) is 0 Å². The molecule has 2 rings (SSSR count). The van der Waals surface area contributed by atoms with Crippen molar-refractivity contribution in [2.75, 3.05) is 6.61 Å². The van der Waals surface area contributed by atoms with Gasteiger partial charge >= 0.3 is 5.97 Å². The fourth-order valence-electron chi connectivity index (χ4n) is 7.14. The zero-order valence-corrected chi connectivity index (χ0v) is 27.3. The lowest BCUT2D eigenvalue weighted by atomic mass is 9.84. The van der Waals surface area contributed by atoms with Crippen LogP contribution in [0.2, 0.25) is 34.8 Å². The predicted molar refractivity (Wildman–Crippen MR) is 157 cm³/mol. The van der Waals surface area contributed by atoms with E-state index in [1.807, 2.05) is 6.92 Å². The highest BCUT2D eigenvalue weighted by atomic mass is 28.4. The van der Waals surface area contributed by atoms with Crippen LogP contribution in [-0.4, -0.2) is 34.3 Å². The van der Waals surface area contributed by atoms with Crippen molar-refractivity contribution in [3.63, 3.8) is 0 Å². The number of rotatable bonds is 12. The van der Waals surface area contributed by atoms with Gasteiger partial charge in [-0.1, -0.05) is 68.4 Å². The average Bonchev–Trinajstić information content (AvgIpc) is 3.06. The van der Waals surface area contributed by atoms with Crippen LogP contribution < -0.4 is 0 Å². The Labute approximate surface area is 223 Å². The van der Waals surface area contributed by atoms with Crippen molar-refractivity contribution >= 4 is 22.6 Å². The van der Waals surface area contributed by atoms with Gasteiger partial charge in [-0.25, -0.2) is 0 Å². The minimum atomic E-state index is -2.10. The van der Waals surface area contributed by atoms with Gasteiger partial charge in [-0.2, -0.15) is 0 Å². The third kappa shape index (κ3) is 5.43. The number of hydrogen-bond acceptors (Lipinski definition) is 4. The Morgan fingerprint density at radius 3 is 1.97 bits per heavy atom. The van der Waals surface area contributed by atoms with E-state index >= 15 is 0 Å². The first-order chi connectivity index (χ1) is 16.7. The van der Waals surface area contributed by atoms with Gasteiger partial charge in [0.15, 0.2) is 8.32 Å². The molecule has 1 aromatic rings. The average molecular weight is 535 g/mol. The van der Waals surface area contributed by atoms with Gasteiger partial charge in [-0.05, 0) is 96.2 Å². The monoisotopic (exact) mass is 534 g/mol. The van der Waals surface area contributed by atoms with E-state index in [0.717, 1.165) is 41.2 Å². The summed E-state index contributed by atoms with van der Waals surface area (Å²) in [6.45, 7) is 27.2. The Bertz CT molecular complexity index is 890. The maximum absolute atomic E-state index is 13.5. The maximum Gasteiger partial charge on any atom is 0.301 e. The Hall–Kier alpha value is -0.956. The first-order valence-electron chi connectivity index (χ1n) is 14.3. The number of aliphatic hydroxyl groups excluding tert-OH is 1. The van der Waals surface area contributed by atoms with Crippen molar-refractivity contribution in [3.8, 4) is 0 Å². The lowest BCUT2D eigenvalue weighted by molar-refractivity contribution is -0.152. The second-order valence-electron chi connectivity index (χ2n) is 12.4. The van der Waals surface area contributed by atoms with Gasteiger partial charge in [-0.15, -0.1) is 0 Å². The normalized spacial score (nSPS) is 20.5. The van der Waals surface area contributed by atoms with Gasteiger partial charge in [0, 0.05) is 6.61 Å². The molecule has 0 amide bonds. The summed E-state index contributed by atoms with van der Waals surface area (Å²) in [6.07, 6.45) is 0.525. The quantitative estimate of drug-likeness (QED) is 0.275. The molecule has 1 aromatic carbocycles. The number of hydrogen-bond donors (Lipinski definition) is 1. The van der Waals surface area contributed by atoms with Gasteiger partial charge in [0.2, 0.25) is 0 Å². The predicted octanol–water partition coefficient (Wildman–Crippen LogP) is 8.18. The largest absolute Gasteiger partial charge is 0.519 e. The van der Waals surface area contributed by atoms with Gasteiger partial charge in [-0.3, -0.25) is 4.79 Å². The van der Waals surface area contributed by atoms with Crippen molar-refractivity contribution in [2.24, 2.45) is 5.41 Å². The van der Waals surface area contributed by atoms with Gasteiger partial charge in [0.25, 0.3) is 8.32 Å². The number of benzene rings is 1. The van der Waals surface area contributed by atoms with Crippen LogP contribution in [0.25, 0.3) is 0 Å². The summed E-state index contributed by atoms with van der Waals surface area (Å²) in [5.41, 5.74) is 6.36. The van der Waals surface area contributed by atoms with Crippen molar-refractivity contribution in [3.05, 3.63) is 33.9 Å². The third-order valence-electron chi connectivity index (χ3n) is 9.62. The highest BCUT2D eigenvalue weighted by molar-refractivity contribution is 6.77. The first-order valence-corrected chi connectivity index (χ1v) is 19.0. The van der Waals surface area contributed by atoms with Crippen molar-refractivity contribution < 1.29 is 18.8 Å². The Morgan fingerprint density at radius 1 is 1.03 bits per heavy atom. The number of fused-ring (bicyclic) bond motifs is 1. The molecule has 1 N–H and O–H groups in total. The van der Waals surface area contributed by atoms with Crippen molar-refractivity contribution in [1.29, 1.82) is 0 Å². The number of aliphatic hydroxyl groups is 1. The van der Waals surface area contributed by atoms with Crippen LogP contribution in [-0.2, 0) is 26.5 Å². The molecule has 0 aromatic heterocycles. The molecule has 0 radical (unpaired) electrons. The molecule has 1 aliphatic carbocycles. The molecule has 36 heavy (non-hydrogen) atoms. The molecule has 0 aliphatic heterocycles. The minimum absolute atomic E-state index is 0.216. The molecule has 206 valence electrons. The van der Waals surface area contributed by atoms with Crippen molar-refractivity contribution in [2.45, 2.75) is 137 Å². The Kier molecular flexibility index (Phi) is 10.3. The molecule has 0 fully saturated rings. The zero-order chi connectivity index (χ0) is 27.6. The molecule has 6 heteroatoms. The van der Waals surface area contributed by atoms with Crippen LogP contribution in [0.15, 0.2) is 6.07 Å². The third-order valence-corrected chi connectivity index (χ3v) is 20.2. The van der Waals surface area contributed by atoms with Gasteiger partial charge in [0.1, 0.15) is 0 Å². The van der Waals surface area contributed by atoms with Crippen molar-refractivity contribution in [1.82, 2.24) is 0 Å². The van der Waals surface area contributed by atoms with E-state index in [0.29, 0.717) is 29.7 Å². The van der Waals surface area contributed by atoms with Gasteiger partial charge in [0.05, 0.1) is 11.5 Å². The van der Waals surface area contributed by atoms with Gasteiger partial charge < -0.3 is 14.0 Å². The van der Waals surface area contributed by atoms with E-state index in [1.54, 1.807) is 0 Å². The molecule has 2 atom stereocenters. The van der Waals surface area contributed by atoms with E-state index < -0.39 is 28.2 Å². The summed E-state index contributed by atoms with van der Waals surface area (Å²) in [7, 11) is -4.03. The van der Waals surface area contributed by atoms with Crippen LogP contribution >= 0.6 is 0 Å². The highest BCUT2D eigenvalue weighted by Gasteiger charge is 2.51. The number of carbonyl (C=O) groups excluding carboxylic acids is 1. The van der Waals surface area contributed by atoms with Crippen LogP contribution in [0, 0.1) is 19.3 Å². The Morgan fingerprint density at radius 2 is 1.53 bits per heavy atom. The van der Waals surface area contributed by atoms with E-state index in [2.05, 4.69) is 82.2 Å². The van der Waals surface area contributed by atoms with Crippen LogP contribution in [0.3, 0.4) is 0 Å². The molecule has 0 spiro atoms. The van der Waals surface area contributed by atoms with E-state index in [4.69, 9.17) is 8.85 Å². The minimum Gasteiger partial charge on any atom is -0.519 e. The lowest BCUT2D eigenvalue weighted by Gasteiger charge is -2.42. The summed E-state index contributed by atoms with van der Waals surface area (Å²) in [5, 5.41) is 11.5. The Balaban J connectivity index is 2.33. The summed E-state index contributed by atoms with van der Waals surface area (Å²) in [4.78, 5) is 13.5. The summed E-state index contributed by atoms with van der Waals surface area (Å²) < 4.78 is 13.1. The highest BCUT2D eigenvalue weighted by Crippen LogP contribution is 2.50. The molecule has 4 nitrogen and oxygen atoms in total. The lowest BCUT2D eigenvalue weighted by Crippen LogP contribution is -2.48. The molecule has 0 heterocycles. The van der Waals surface area contributed by atoms with Crippen LogP contribution in [0.1, 0.15) is 103 Å². The molecule has 0 saturated carbocycles. The van der Waals surface area contributed by atoms with E-state index in [-0.39, 0.29) is 5.97 Å². The second-order valence-corrected chi connectivity index (χ2v) is 22.6. The maximum atomic E-state index is 13.5. The smallest absolute Gasteiger partial charge is 0.301 e. The fourth-order valence-corrected chi connectivity index (χ4v) is 15.2. The molecular weight excluding hydrogens is 480 g/mol. The molecule has 1 unspecified atom stereocenters. The number of carbonyl (C=O) groups is 1. The standard InChI is InChI=1S/C30H54O4Si2/c1-13-35(14-2,15-3)34-29(32)30(12)19-25-18-23(10)26(24(11)27(25)28(30)31)16-17-33-36(20(4)5,21(6)7)22(8)9/h18,20-22,28,31H,13-17,19H2,1-12H3/t28?,30-/m0/s1. The fraction of sp³-hybridized carbons (Fsp3) is 0.767. The summed E-state index contributed by atoms with van der Waals surface area (Å²) in [6, 6.07) is 4.95. The molecular formula is C30H54O4Si2. The zero-order valence-electron chi connectivity index (χ0n) is 25.3. The second kappa shape index (κ2) is 11.8. The molecule has 0 bridgehead atoms. The SMILES string of the molecule is CC[Si](CC)(CC)OC(=O)[C@@]1(C)Cc2cc(C)c(CCO[Si](C(C)C)(C(C)C)C(C)C)c(C)c2C1O. The van der Waals surface area contributed by atoms with E-state index in [9.17, 15) is 9.90 Å². The van der Waals surface area contributed by atoms with E-state index in [1.165, 1.54) is 11.1 Å². The molecule has 1 aliphatic rings. The number of aryl methyl sites for hydroxylation is 1. The summed E-state index contributed by atoms with van der Waals surface area (Å²) >= 11 is 0. The first kappa shape index (κ1) is 31.3. The topological polar surface area (TPSA) is 55.8 Å². The molecule has 0 saturated heterocycles. The summed E-state index contributed by atoms with van der Waals surface area (Å²) in [5.74, 6) is -0.216. The van der Waals surface area contributed by atoms with Crippen LogP contribution in [0.5, 0.6) is 0 Å².